The predicted octanol–water partition coefficient (Wildman–Crippen LogP) is 4.65. The minimum atomic E-state index is 0.514. The molecule has 0 aliphatic heterocycles. The summed E-state index contributed by atoms with van der Waals surface area (Å²) in [7, 11) is 0. The lowest BCUT2D eigenvalue weighted by Gasteiger charge is -2.08. The molecule has 1 heterocycles. The highest BCUT2D eigenvalue weighted by Gasteiger charge is 2.09. The Morgan fingerprint density at radius 3 is 2.47 bits per heavy atom. The summed E-state index contributed by atoms with van der Waals surface area (Å²) in [5, 5.41) is 1.05. The number of rotatable bonds is 2. The molecule has 19 heavy (non-hydrogen) atoms. The number of hydrogen-bond donors (Lipinski definition) is 0. The Balaban J connectivity index is 2.12. The Morgan fingerprint density at radius 2 is 1.74 bits per heavy atom. The second kappa shape index (κ2) is 5.08. The van der Waals surface area contributed by atoms with E-state index in [1.807, 2.05) is 41.0 Å². The zero-order valence-electron chi connectivity index (χ0n) is 9.85. The zero-order chi connectivity index (χ0) is 13.2. The van der Waals surface area contributed by atoms with Gasteiger partial charge in [-0.1, -0.05) is 53.5 Å². The van der Waals surface area contributed by atoms with Crippen LogP contribution in [0.2, 0.25) is 10.0 Å². The number of hydrogen-bond acceptors (Lipinski definition) is 1. The summed E-state index contributed by atoms with van der Waals surface area (Å²) < 4.78 is 1.86. The molecule has 0 aliphatic carbocycles. The Morgan fingerprint density at radius 1 is 0.947 bits per heavy atom. The molecule has 2 nitrogen and oxygen atoms in total. The van der Waals surface area contributed by atoms with Gasteiger partial charge in [0.25, 0.3) is 0 Å². The average Bonchev–Trinajstić information content (AvgIpc) is 2.92. The highest BCUT2D eigenvalue weighted by atomic mass is 35.5. The second-order valence-corrected chi connectivity index (χ2v) is 4.83. The molecule has 0 saturated carbocycles. The van der Waals surface area contributed by atoms with Gasteiger partial charge in [0.05, 0.1) is 22.4 Å². The molecule has 3 rings (SSSR count). The van der Waals surface area contributed by atoms with E-state index in [9.17, 15) is 0 Å². The van der Waals surface area contributed by atoms with Gasteiger partial charge in [0.1, 0.15) is 5.82 Å². The summed E-state index contributed by atoms with van der Waals surface area (Å²) in [6, 6.07) is 15.4. The maximum atomic E-state index is 6.05. The number of aromatic nitrogens is 2. The number of halogens is 2. The third-order valence-electron chi connectivity index (χ3n) is 2.78. The molecule has 0 spiro atoms. The van der Waals surface area contributed by atoms with Crippen LogP contribution in [0.1, 0.15) is 0 Å². The fourth-order valence-electron chi connectivity index (χ4n) is 1.88. The Bertz CT molecular complexity index is 705. The Hall–Kier alpha value is -1.77. The third-order valence-corrected chi connectivity index (χ3v) is 3.52. The van der Waals surface area contributed by atoms with Gasteiger partial charge >= 0.3 is 0 Å². The molecular formula is C15H9Cl2N2. The van der Waals surface area contributed by atoms with Crippen LogP contribution in [-0.4, -0.2) is 9.55 Å². The van der Waals surface area contributed by atoms with E-state index in [2.05, 4.69) is 11.2 Å². The van der Waals surface area contributed by atoms with Crippen LogP contribution in [0.3, 0.4) is 0 Å². The molecule has 93 valence electrons. The molecule has 0 aliphatic rings. The van der Waals surface area contributed by atoms with E-state index in [-0.39, 0.29) is 0 Å². The van der Waals surface area contributed by atoms with Crippen LogP contribution < -0.4 is 0 Å². The molecule has 1 aromatic heterocycles. The van der Waals surface area contributed by atoms with Crippen molar-refractivity contribution in [2.75, 3.05) is 0 Å². The van der Waals surface area contributed by atoms with Crippen LogP contribution >= 0.6 is 23.2 Å². The van der Waals surface area contributed by atoms with Crippen LogP contribution in [0.5, 0.6) is 0 Å². The molecule has 4 heteroatoms. The summed E-state index contributed by atoms with van der Waals surface area (Å²) in [6.07, 6.45) is 4.71. The molecule has 0 fully saturated rings. The Kier molecular flexibility index (Phi) is 3.28. The van der Waals surface area contributed by atoms with Crippen molar-refractivity contribution in [3.8, 4) is 17.1 Å². The minimum Gasteiger partial charge on any atom is -0.291 e. The van der Waals surface area contributed by atoms with Crippen LogP contribution in [0.25, 0.3) is 17.1 Å². The van der Waals surface area contributed by atoms with Crippen LogP contribution in [0, 0.1) is 6.20 Å². The van der Waals surface area contributed by atoms with Crippen molar-refractivity contribution in [3.63, 3.8) is 0 Å². The molecule has 0 amide bonds. The van der Waals surface area contributed by atoms with Crippen molar-refractivity contribution >= 4 is 23.2 Å². The summed E-state index contributed by atoms with van der Waals surface area (Å²) >= 11 is 12.0. The van der Waals surface area contributed by atoms with Gasteiger partial charge in [-0.25, -0.2) is 4.98 Å². The van der Waals surface area contributed by atoms with E-state index >= 15 is 0 Å². The SMILES string of the molecule is Clc1ccc(-n2[c]cnc2-c2ccccc2)cc1Cl. The molecular weight excluding hydrogens is 279 g/mol. The maximum absolute atomic E-state index is 6.05. The number of imidazole rings is 1. The predicted molar refractivity (Wildman–Crippen MR) is 77.9 cm³/mol. The van der Waals surface area contributed by atoms with Gasteiger partial charge in [-0.05, 0) is 18.2 Å². The second-order valence-electron chi connectivity index (χ2n) is 4.01. The first-order valence-corrected chi connectivity index (χ1v) is 6.47. The minimum absolute atomic E-state index is 0.514. The van der Waals surface area contributed by atoms with Gasteiger partial charge < -0.3 is 0 Å². The molecule has 0 atom stereocenters. The maximum Gasteiger partial charge on any atom is 0.145 e. The first-order chi connectivity index (χ1) is 9.25. The lowest BCUT2D eigenvalue weighted by molar-refractivity contribution is 1.06. The lowest BCUT2D eigenvalue weighted by atomic mass is 10.2. The third kappa shape index (κ3) is 2.37. The molecule has 0 bridgehead atoms. The van der Waals surface area contributed by atoms with Crippen molar-refractivity contribution in [1.82, 2.24) is 9.55 Å². The first-order valence-electron chi connectivity index (χ1n) is 5.72. The van der Waals surface area contributed by atoms with Crippen LogP contribution in [-0.2, 0) is 0 Å². The van der Waals surface area contributed by atoms with Crippen molar-refractivity contribution in [2.45, 2.75) is 0 Å². The standard InChI is InChI=1S/C15H9Cl2N2/c16-13-7-6-12(10-14(13)17)19-9-8-18-15(19)11-4-2-1-3-5-11/h1-8,10H. The van der Waals surface area contributed by atoms with Gasteiger partial charge in [-0.15, -0.1) is 0 Å². The molecule has 1 radical (unpaired) electrons. The zero-order valence-corrected chi connectivity index (χ0v) is 11.4. The normalized spacial score (nSPS) is 10.6. The van der Waals surface area contributed by atoms with E-state index in [0.717, 1.165) is 17.1 Å². The molecule has 0 saturated heterocycles. The van der Waals surface area contributed by atoms with Crippen LogP contribution in [0.15, 0.2) is 54.7 Å². The summed E-state index contributed by atoms with van der Waals surface area (Å²) in [5.74, 6) is 0.819. The fourth-order valence-corrected chi connectivity index (χ4v) is 2.17. The van der Waals surface area contributed by atoms with E-state index in [0.29, 0.717) is 10.0 Å². The number of benzene rings is 2. The van der Waals surface area contributed by atoms with E-state index < -0.39 is 0 Å². The molecule has 0 N–H and O–H groups in total. The van der Waals surface area contributed by atoms with Crippen molar-refractivity contribution in [3.05, 3.63) is 71.0 Å². The van der Waals surface area contributed by atoms with E-state index in [4.69, 9.17) is 23.2 Å². The summed E-state index contributed by atoms with van der Waals surface area (Å²) in [6.45, 7) is 0. The first kappa shape index (κ1) is 12.3. The molecule has 3 aromatic rings. The van der Waals surface area contributed by atoms with Crippen molar-refractivity contribution in [2.24, 2.45) is 0 Å². The van der Waals surface area contributed by atoms with Gasteiger partial charge in [0.15, 0.2) is 0 Å². The largest absolute Gasteiger partial charge is 0.291 e. The quantitative estimate of drug-likeness (QED) is 0.671. The monoisotopic (exact) mass is 287 g/mol. The lowest BCUT2D eigenvalue weighted by Crippen LogP contribution is -1.96. The highest BCUT2D eigenvalue weighted by Crippen LogP contribution is 2.27. The number of nitrogens with zero attached hydrogens (tertiary/aromatic N) is 2. The van der Waals surface area contributed by atoms with Crippen molar-refractivity contribution in [1.29, 1.82) is 0 Å². The smallest absolute Gasteiger partial charge is 0.145 e. The Labute approximate surface area is 121 Å². The van der Waals surface area contributed by atoms with E-state index in [1.54, 1.807) is 18.3 Å². The van der Waals surface area contributed by atoms with Gasteiger partial charge in [0, 0.05) is 11.3 Å². The highest BCUT2D eigenvalue weighted by molar-refractivity contribution is 6.42. The van der Waals surface area contributed by atoms with Gasteiger partial charge in [-0.3, -0.25) is 4.57 Å². The average molecular weight is 288 g/mol. The van der Waals surface area contributed by atoms with Gasteiger partial charge in [0.2, 0.25) is 0 Å². The van der Waals surface area contributed by atoms with Gasteiger partial charge in [-0.2, -0.15) is 0 Å². The fraction of sp³-hybridized carbons (Fsp3) is 0. The van der Waals surface area contributed by atoms with Crippen molar-refractivity contribution < 1.29 is 0 Å². The van der Waals surface area contributed by atoms with Crippen LogP contribution in [0.4, 0.5) is 0 Å². The summed E-state index contributed by atoms with van der Waals surface area (Å²) in [4.78, 5) is 4.35. The molecule has 2 aromatic carbocycles. The topological polar surface area (TPSA) is 17.8 Å². The summed E-state index contributed by atoms with van der Waals surface area (Å²) in [5.41, 5.74) is 1.90. The molecule has 0 unspecified atom stereocenters. The van der Waals surface area contributed by atoms with E-state index in [1.165, 1.54) is 0 Å².